The van der Waals surface area contributed by atoms with Crippen molar-refractivity contribution in [3.8, 4) is 0 Å². The van der Waals surface area contributed by atoms with Gasteiger partial charge in [-0.25, -0.2) is 0 Å². The molecule has 3 rings (SSSR count). The topological polar surface area (TPSA) is 42.3 Å². The lowest BCUT2D eigenvalue weighted by Gasteiger charge is -2.29. The highest BCUT2D eigenvalue weighted by molar-refractivity contribution is 6.31. The summed E-state index contributed by atoms with van der Waals surface area (Å²) in [5.41, 5.74) is 2.24. The van der Waals surface area contributed by atoms with Crippen LogP contribution in [0.4, 0.5) is 0 Å². The van der Waals surface area contributed by atoms with Crippen LogP contribution in [0.1, 0.15) is 41.8 Å². The van der Waals surface area contributed by atoms with Crippen molar-refractivity contribution in [3.63, 3.8) is 0 Å². The summed E-state index contributed by atoms with van der Waals surface area (Å²) in [6, 6.07) is 20.5. The molecule has 5 heteroatoms. The van der Waals surface area contributed by atoms with Crippen molar-refractivity contribution in [2.24, 2.45) is 0 Å². The maximum Gasteiger partial charge on any atom is 0.255 e. The molecule has 0 bridgehead atoms. The van der Waals surface area contributed by atoms with Crippen LogP contribution in [0.3, 0.4) is 0 Å². The molecule has 0 saturated heterocycles. The lowest BCUT2D eigenvalue weighted by molar-refractivity contribution is 0.0670. The number of carbonyl (C=O) groups is 1. The van der Waals surface area contributed by atoms with Crippen molar-refractivity contribution < 1.29 is 4.79 Å². The Morgan fingerprint density at radius 3 is 2.41 bits per heavy atom. The summed E-state index contributed by atoms with van der Waals surface area (Å²) in [6.45, 7) is 4.95. The fourth-order valence-corrected chi connectivity index (χ4v) is 3.38. The molecule has 0 aliphatic carbocycles. The van der Waals surface area contributed by atoms with Crippen molar-refractivity contribution in [1.29, 1.82) is 0 Å². The third-order valence-electron chi connectivity index (χ3n) is 5.11. The van der Waals surface area contributed by atoms with Crippen LogP contribution < -0.4 is 5.56 Å². The van der Waals surface area contributed by atoms with Crippen molar-refractivity contribution in [3.05, 3.63) is 105 Å². The van der Waals surface area contributed by atoms with Crippen molar-refractivity contribution in [1.82, 2.24) is 9.47 Å². The molecule has 0 N–H and O–H groups in total. The Kier molecular flexibility index (Phi) is 6.89. The van der Waals surface area contributed by atoms with Crippen molar-refractivity contribution in [2.75, 3.05) is 0 Å². The first kappa shape index (κ1) is 20.9. The predicted octanol–water partition coefficient (Wildman–Crippen LogP) is 4.99. The fraction of sp³-hybridized carbons (Fsp3) is 0.250. The minimum atomic E-state index is -0.167. The summed E-state index contributed by atoms with van der Waals surface area (Å²) in [4.78, 5) is 27.5. The van der Waals surface area contributed by atoms with Crippen LogP contribution in [-0.2, 0) is 13.1 Å². The van der Waals surface area contributed by atoms with Crippen LogP contribution >= 0.6 is 11.6 Å². The van der Waals surface area contributed by atoms with Crippen molar-refractivity contribution in [2.45, 2.75) is 39.4 Å². The van der Waals surface area contributed by atoms with E-state index in [1.54, 1.807) is 18.3 Å². The molecule has 2 aromatic carbocycles. The van der Waals surface area contributed by atoms with E-state index in [1.807, 2.05) is 60.4 Å². The lowest BCUT2D eigenvalue weighted by Crippen LogP contribution is -2.38. The maximum absolute atomic E-state index is 13.3. The normalized spacial score (nSPS) is 11.8. The van der Waals surface area contributed by atoms with E-state index >= 15 is 0 Å². The fourth-order valence-electron chi connectivity index (χ4n) is 3.19. The Morgan fingerprint density at radius 1 is 1.03 bits per heavy atom. The lowest BCUT2D eigenvalue weighted by atomic mass is 10.1. The maximum atomic E-state index is 13.3. The summed E-state index contributed by atoms with van der Waals surface area (Å²) in [6.07, 6.45) is 2.48. The van der Waals surface area contributed by atoms with Gasteiger partial charge in [0.25, 0.3) is 11.5 Å². The van der Waals surface area contributed by atoms with Gasteiger partial charge in [0.1, 0.15) is 0 Å². The second-order valence-corrected chi connectivity index (χ2v) is 7.56. The van der Waals surface area contributed by atoms with Crippen LogP contribution in [0.25, 0.3) is 0 Å². The number of amides is 1. The summed E-state index contributed by atoms with van der Waals surface area (Å²) in [7, 11) is 0. The first-order valence-electron chi connectivity index (χ1n) is 9.78. The van der Waals surface area contributed by atoms with E-state index in [0.29, 0.717) is 23.7 Å². The molecule has 0 fully saturated rings. The SMILES string of the molecule is CCC(C)N(Cc1ccccc1)C(=O)c1ccc(=O)n(Cc2ccccc2Cl)c1. The van der Waals surface area contributed by atoms with Gasteiger partial charge < -0.3 is 9.47 Å². The molecule has 1 aromatic heterocycles. The number of hydrogen-bond acceptors (Lipinski definition) is 2. The monoisotopic (exact) mass is 408 g/mol. The highest BCUT2D eigenvalue weighted by Gasteiger charge is 2.21. The number of rotatable bonds is 7. The van der Waals surface area contributed by atoms with Crippen LogP contribution in [0.2, 0.25) is 5.02 Å². The second kappa shape index (κ2) is 9.57. The van der Waals surface area contributed by atoms with E-state index in [9.17, 15) is 9.59 Å². The van der Waals surface area contributed by atoms with Gasteiger partial charge in [-0.3, -0.25) is 9.59 Å². The minimum absolute atomic E-state index is 0.0756. The summed E-state index contributed by atoms with van der Waals surface area (Å²) in [5, 5.41) is 0.599. The molecule has 0 saturated carbocycles. The number of pyridine rings is 1. The molecule has 1 amide bonds. The Balaban J connectivity index is 1.90. The number of carbonyl (C=O) groups excluding carboxylic acids is 1. The number of nitrogens with zero attached hydrogens (tertiary/aromatic N) is 2. The first-order valence-corrected chi connectivity index (χ1v) is 10.2. The molecule has 1 atom stereocenters. The van der Waals surface area contributed by atoms with E-state index in [4.69, 9.17) is 11.6 Å². The molecule has 150 valence electrons. The van der Waals surface area contributed by atoms with Gasteiger partial charge in [0.15, 0.2) is 0 Å². The van der Waals surface area contributed by atoms with E-state index in [1.165, 1.54) is 10.6 Å². The molecule has 29 heavy (non-hydrogen) atoms. The van der Waals surface area contributed by atoms with Crippen LogP contribution in [-0.4, -0.2) is 21.4 Å². The highest BCUT2D eigenvalue weighted by atomic mass is 35.5. The Hall–Kier alpha value is -2.85. The molecule has 0 aliphatic heterocycles. The zero-order chi connectivity index (χ0) is 20.8. The zero-order valence-electron chi connectivity index (χ0n) is 16.7. The van der Waals surface area contributed by atoms with Gasteiger partial charge in [0.2, 0.25) is 0 Å². The summed E-state index contributed by atoms with van der Waals surface area (Å²) >= 11 is 6.24. The standard InChI is InChI=1S/C24H25ClN2O2/c1-3-18(2)27(15-19-9-5-4-6-10-19)24(29)21-13-14-23(28)26(17-21)16-20-11-7-8-12-22(20)25/h4-14,17-18H,3,15-16H2,1-2H3. The molecular weight excluding hydrogens is 384 g/mol. The molecule has 0 aliphatic rings. The number of hydrogen-bond donors (Lipinski definition) is 0. The van der Waals surface area contributed by atoms with Gasteiger partial charge >= 0.3 is 0 Å². The predicted molar refractivity (Wildman–Crippen MR) is 117 cm³/mol. The van der Waals surface area contributed by atoms with E-state index < -0.39 is 0 Å². The van der Waals surface area contributed by atoms with Gasteiger partial charge in [-0.05, 0) is 36.6 Å². The average Bonchev–Trinajstić information content (AvgIpc) is 2.75. The highest BCUT2D eigenvalue weighted by Crippen LogP contribution is 2.17. The first-order chi connectivity index (χ1) is 14.0. The number of benzene rings is 2. The summed E-state index contributed by atoms with van der Waals surface area (Å²) < 4.78 is 1.53. The minimum Gasteiger partial charge on any atom is -0.332 e. The number of halogens is 1. The summed E-state index contributed by atoms with van der Waals surface area (Å²) in [5.74, 6) is -0.0869. The number of aromatic nitrogens is 1. The zero-order valence-corrected chi connectivity index (χ0v) is 17.5. The van der Waals surface area contributed by atoms with Gasteiger partial charge in [-0.2, -0.15) is 0 Å². The molecule has 3 aromatic rings. The Morgan fingerprint density at radius 2 is 1.72 bits per heavy atom. The largest absolute Gasteiger partial charge is 0.332 e. The van der Waals surface area contributed by atoms with Gasteiger partial charge in [0.05, 0.1) is 12.1 Å². The Labute approximate surface area is 176 Å². The van der Waals surface area contributed by atoms with Crippen LogP contribution in [0.15, 0.2) is 77.7 Å². The smallest absolute Gasteiger partial charge is 0.255 e. The molecule has 0 spiro atoms. The van der Waals surface area contributed by atoms with Crippen LogP contribution in [0, 0.1) is 0 Å². The van der Waals surface area contributed by atoms with Crippen molar-refractivity contribution >= 4 is 17.5 Å². The van der Waals surface area contributed by atoms with E-state index in [0.717, 1.165) is 17.5 Å². The third kappa shape index (κ3) is 5.15. The van der Waals surface area contributed by atoms with Gasteiger partial charge in [-0.1, -0.05) is 67.1 Å². The molecule has 0 radical (unpaired) electrons. The van der Waals surface area contributed by atoms with Gasteiger partial charge in [-0.15, -0.1) is 0 Å². The average molecular weight is 409 g/mol. The second-order valence-electron chi connectivity index (χ2n) is 7.15. The Bertz CT molecular complexity index is 1030. The van der Waals surface area contributed by atoms with E-state index in [-0.39, 0.29) is 17.5 Å². The van der Waals surface area contributed by atoms with E-state index in [2.05, 4.69) is 6.92 Å². The molecular formula is C24H25ClN2O2. The molecule has 1 heterocycles. The quantitative estimate of drug-likeness (QED) is 0.552. The molecule has 4 nitrogen and oxygen atoms in total. The van der Waals surface area contributed by atoms with Crippen LogP contribution in [0.5, 0.6) is 0 Å². The third-order valence-corrected chi connectivity index (χ3v) is 5.48. The molecule has 1 unspecified atom stereocenters. The van der Waals surface area contributed by atoms with Gasteiger partial charge in [0, 0.05) is 29.9 Å².